The van der Waals surface area contributed by atoms with E-state index in [1.807, 2.05) is 29.3 Å². The molecule has 2 fully saturated rings. The van der Waals surface area contributed by atoms with E-state index in [0.29, 0.717) is 12.5 Å². The Balaban J connectivity index is 1.40. The van der Waals surface area contributed by atoms with Crippen molar-refractivity contribution < 1.29 is 4.79 Å². The van der Waals surface area contributed by atoms with Gasteiger partial charge in [0.1, 0.15) is 0 Å². The second kappa shape index (κ2) is 7.77. The van der Waals surface area contributed by atoms with E-state index in [9.17, 15) is 4.79 Å². The molecule has 5 heteroatoms. The molecule has 0 aromatic carbocycles. The van der Waals surface area contributed by atoms with Crippen LogP contribution in [0.1, 0.15) is 42.5 Å². The number of carbonyl (C=O) groups is 1. The van der Waals surface area contributed by atoms with Crippen molar-refractivity contribution in [1.82, 2.24) is 19.8 Å². The van der Waals surface area contributed by atoms with Gasteiger partial charge < -0.3 is 4.90 Å². The van der Waals surface area contributed by atoms with Gasteiger partial charge in [0.2, 0.25) is 5.91 Å². The normalized spacial score (nSPS) is 23.7. The zero-order valence-corrected chi connectivity index (χ0v) is 16.1. The van der Waals surface area contributed by atoms with E-state index in [-0.39, 0.29) is 5.41 Å². The molecule has 0 radical (unpaired) electrons. The summed E-state index contributed by atoms with van der Waals surface area (Å²) in [6.07, 6.45) is 9.53. The number of hydrogen-bond donors (Lipinski definition) is 0. The molecule has 2 aromatic rings. The van der Waals surface area contributed by atoms with Gasteiger partial charge in [0.25, 0.3) is 0 Å². The molecule has 0 bridgehead atoms. The van der Waals surface area contributed by atoms with Gasteiger partial charge in [0, 0.05) is 38.2 Å². The van der Waals surface area contributed by atoms with Crippen LogP contribution in [0.3, 0.4) is 0 Å². The van der Waals surface area contributed by atoms with Crippen molar-refractivity contribution in [2.75, 3.05) is 19.6 Å². The molecule has 1 spiro atoms. The van der Waals surface area contributed by atoms with Crippen LogP contribution < -0.4 is 0 Å². The van der Waals surface area contributed by atoms with E-state index in [0.717, 1.165) is 63.1 Å². The summed E-state index contributed by atoms with van der Waals surface area (Å²) in [5.74, 6) is 0.357. The van der Waals surface area contributed by atoms with Gasteiger partial charge in [-0.15, -0.1) is 0 Å². The third-order valence-electron chi connectivity index (χ3n) is 6.25. The van der Waals surface area contributed by atoms with Crippen molar-refractivity contribution in [3.8, 4) is 0 Å². The van der Waals surface area contributed by atoms with Crippen molar-refractivity contribution >= 4 is 5.91 Å². The fourth-order valence-electron chi connectivity index (χ4n) is 4.52. The zero-order chi connectivity index (χ0) is 18.7. The highest BCUT2D eigenvalue weighted by Gasteiger charge is 2.46. The molecule has 2 saturated heterocycles. The molecule has 5 nitrogen and oxygen atoms in total. The number of hydrogen-bond acceptors (Lipinski definition) is 4. The lowest BCUT2D eigenvalue weighted by atomic mass is 9.79. The first-order valence-electron chi connectivity index (χ1n) is 9.97. The molecule has 1 unspecified atom stereocenters. The molecule has 142 valence electrons. The molecule has 4 rings (SSSR count). The topological polar surface area (TPSA) is 49.3 Å². The number of rotatable bonds is 4. The number of amides is 1. The molecule has 0 aliphatic carbocycles. The standard InChI is InChI=1S/C22H28N4O/c1-18-4-2-10-24-20(18)17-25-13-3-7-22(8-14-25)9-15-26(21(22)27)16-19-5-11-23-12-6-19/h2,4-6,10-12H,3,7-9,13-17H2,1H3. The number of likely N-dealkylation sites (tertiary alicyclic amines) is 2. The molecule has 0 N–H and O–H groups in total. The number of aromatic nitrogens is 2. The average Bonchev–Trinajstić information content (AvgIpc) is 2.86. The van der Waals surface area contributed by atoms with E-state index in [4.69, 9.17) is 0 Å². The summed E-state index contributed by atoms with van der Waals surface area (Å²) in [5, 5.41) is 0. The van der Waals surface area contributed by atoms with Gasteiger partial charge in [-0.25, -0.2) is 0 Å². The first kappa shape index (κ1) is 18.1. The molecular formula is C22H28N4O. The van der Waals surface area contributed by atoms with Gasteiger partial charge in [-0.1, -0.05) is 6.07 Å². The van der Waals surface area contributed by atoms with Gasteiger partial charge >= 0.3 is 0 Å². The maximum atomic E-state index is 13.2. The van der Waals surface area contributed by atoms with Gasteiger partial charge in [-0.05, 0) is 75.0 Å². The quantitative estimate of drug-likeness (QED) is 0.836. The minimum absolute atomic E-state index is 0.152. The lowest BCUT2D eigenvalue weighted by molar-refractivity contribution is -0.137. The van der Waals surface area contributed by atoms with Crippen LogP contribution in [0.2, 0.25) is 0 Å². The van der Waals surface area contributed by atoms with Crippen molar-refractivity contribution in [1.29, 1.82) is 0 Å². The van der Waals surface area contributed by atoms with Gasteiger partial charge in [0.15, 0.2) is 0 Å². The maximum absolute atomic E-state index is 13.2. The largest absolute Gasteiger partial charge is 0.338 e. The Morgan fingerprint density at radius 2 is 1.81 bits per heavy atom. The van der Waals surface area contributed by atoms with Crippen LogP contribution in [0, 0.1) is 12.3 Å². The Kier molecular flexibility index (Phi) is 5.21. The van der Waals surface area contributed by atoms with E-state index in [1.165, 1.54) is 5.56 Å². The van der Waals surface area contributed by atoms with Crippen LogP contribution in [0.4, 0.5) is 0 Å². The molecule has 2 aliphatic rings. The molecule has 1 amide bonds. The molecule has 0 saturated carbocycles. The first-order valence-corrected chi connectivity index (χ1v) is 9.97. The number of nitrogens with zero attached hydrogens (tertiary/aromatic N) is 4. The van der Waals surface area contributed by atoms with Crippen molar-refractivity contribution in [2.45, 2.75) is 45.7 Å². The van der Waals surface area contributed by atoms with Crippen molar-refractivity contribution in [2.24, 2.45) is 5.41 Å². The van der Waals surface area contributed by atoms with E-state index >= 15 is 0 Å². The van der Waals surface area contributed by atoms with E-state index < -0.39 is 0 Å². The summed E-state index contributed by atoms with van der Waals surface area (Å²) >= 11 is 0. The Hall–Kier alpha value is -2.27. The van der Waals surface area contributed by atoms with E-state index in [1.54, 1.807) is 12.4 Å². The van der Waals surface area contributed by atoms with Crippen LogP contribution in [-0.4, -0.2) is 45.3 Å². The fraction of sp³-hybridized carbons (Fsp3) is 0.500. The second-order valence-corrected chi connectivity index (χ2v) is 8.01. The Morgan fingerprint density at radius 3 is 2.63 bits per heavy atom. The summed E-state index contributed by atoms with van der Waals surface area (Å²) in [6, 6.07) is 8.12. The first-order chi connectivity index (χ1) is 13.2. The molecule has 2 aromatic heterocycles. The van der Waals surface area contributed by atoms with Crippen molar-refractivity contribution in [3.05, 3.63) is 59.7 Å². The lowest BCUT2D eigenvalue weighted by Crippen LogP contribution is -2.35. The van der Waals surface area contributed by atoms with Crippen LogP contribution in [-0.2, 0) is 17.9 Å². The van der Waals surface area contributed by atoms with Crippen LogP contribution in [0.15, 0.2) is 42.9 Å². The number of pyridine rings is 2. The predicted molar refractivity (Wildman–Crippen MR) is 105 cm³/mol. The third kappa shape index (κ3) is 3.88. The van der Waals surface area contributed by atoms with Gasteiger partial charge in [-0.2, -0.15) is 0 Å². The molecule has 1 atom stereocenters. The summed E-state index contributed by atoms with van der Waals surface area (Å²) in [5.41, 5.74) is 3.42. The van der Waals surface area contributed by atoms with Crippen LogP contribution in [0.5, 0.6) is 0 Å². The lowest BCUT2D eigenvalue weighted by Gasteiger charge is -2.27. The third-order valence-corrected chi connectivity index (χ3v) is 6.25. The molecule has 2 aliphatic heterocycles. The van der Waals surface area contributed by atoms with Crippen LogP contribution >= 0.6 is 0 Å². The summed E-state index contributed by atoms with van der Waals surface area (Å²) in [7, 11) is 0. The summed E-state index contributed by atoms with van der Waals surface area (Å²) in [6.45, 7) is 6.62. The molecule has 27 heavy (non-hydrogen) atoms. The molecular weight excluding hydrogens is 336 g/mol. The zero-order valence-electron chi connectivity index (χ0n) is 16.1. The SMILES string of the molecule is Cc1cccnc1CN1CCCC2(CC1)CCN(Cc1ccncc1)C2=O. The number of carbonyl (C=O) groups excluding carboxylic acids is 1. The summed E-state index contributed by atoms with van der Waals surface area (Å²) < 4.78 is 0. The van der Waals surface area contributed by atoms with Gasteiger partial charge in [0.05, 0.1) is 11.1 Å². The fourth-order valence-corrected chi connectivity index (χ4v) is 4.52. The van der Waals surface area contributed by atoms with E-state index in [2.05, 4.69) is 27.9 Å². The average molecular weight is 364 g/mol. The minimum Gasteiger partial charge on any atom is -0.338 e. The highest BCUT2D eigenvalue weighted by molar-refractivity contribution is 5.84. The van der Waals surface area contributed by atoms with Gasteiger partial charge in [-0.3, -0.25) is 19.7 Å². The maximum Gasteiger partial charge on any atom is 0.229 e. The van der Waals surface area contributed by atoms with Crippen molar-refractivity contribution in [3.63, 3.8) is 0 Å². The molecule has 4 heterocycles. The second-order valence-electron chi connectivity index (χ2n) is 8.01. The Morgan fingerprint density at radius 1 is 1.00 bits per heavy atom. The smallest absolute Gasteiger partial charge is 0.229 e. The summed E-state index contributed by atoms with van der Waals surface area (Å²) in [4.78, 5) is 26.4. The monoisotopic (exact) mass is 364 g/mol. The predicted octanol–water partition coefficient (Wildman–Crippen LogP) is 3.19. The Bertz CT molecular complexity index is 794. The highest BCUT2D eigenvalue weighted by atomic mass is 16.2. The highest BCUT2D eigenvalue weighted by Crippen LogP contribution is 2.42. The Labute approximate surface area is 161 Å². The number of aryl methyl sites for hydroxylation is 1. The van der Waals surface area contributed by atoms with Crippen LogP contribution in [0.25, 0.3) is 0 Å². The minimum atomic E-state index is -0.152.